The van der Waals surface area contributed by atoms with E-state index in [0.717, 1.165) is 0 Å². The molecule has 0 saturated carbocycles. The van der Waals surface area contributed by atoms with Crippen LogP contribution in [-0.4, -0.2) is 29.6 Å². The van der Waals surface area contributed by atoms with E-state index >= 15 is 0 Å². The van der Waals surface area contributed by atoms with E-state index in [1.165, 1.54) is 0 Å². The Kier molecular flexibility index (Phi) is 5.03. The molecular formula is C7H14N2O3. The van der Waals surface area contributed by atoms with Gasteiger partial charge < -0.3 is 16.2 Å². The minimum atomic E-state index is -0.567. The lowest BCUT2D eigenvalue weighted by atomic mass is 10.3. The van der Waals surface area contributed by atoms with Crippen molar-refractivity contribution in [1.29, 1.82) is 0 Å². The van der Waals surface area contributed by atoms with Gasteiger partial charge in [-0.3, -0.25) is 9.59 Å². The quantitative estimate of drug-likeness (QED) is 0.486. The molecule has 0 aliphatic rings. The minimum Gasteiger partial charge on any atom is -0.392 e. The highest BCUT2D eigenvalue weighted by molar-refractivity contribution is 5.82. The van der Waals surface area contributed by atoms with Gasteiger partial charge in [-0.15, -0.1) is 0 Å². The molecule has 70 valence electrons. The van der Waals surface area contributed by atoms with E-state index in [-0.39, 0.29) is 25.3 Å². The Bertz CT molecular complexity index is 168. The SMILES string of the molecule is CC(O)CNC(=O)CCC(N)=O. The van der Waals surface area contributed by atoms with Crippen molar-refractivity contribution in [3.05, 3.63) is 0 Å². The maximum absolute atomic E-state index is 10.8. The van der Waals surface area contributed by atoms with Crippen LogP contribution in [0.2, 0.25) is 0 Å². The van der Waals surface area contributed by atoms with Gasteiger partial charge in [-0.1, -0.05) is 0 Å². The fourth-order valence-electron chi connectivity index (χ4n) is 0.587. The van der Waals surface area contributed by atoms with Crippen molar-refractivity contribution >= 4 is 11.8 Å². The summed E-state index contributed by atoms with van der Waals surface area (Å²) in [5.74, 6) is -0.767. The predicted molar refractivity (Wildman–Crippen MR) is 43.1 cm³/mol. The molecule has 1 unspecified atom stereocenters. The molecule has 0 saturated heterocycles. The molecule has 12 heavy (non-hydrogen) atoms. The van der Waals surface area contributed by atoms with Crippen LogP contribution >= 0.6 is 0 Å². The molecule has 0 fully saturated rings. The minimum absolute atomic E-state index is 0.0473. The zero-order valence-electron chi connectivity index (χ0n) is 7.04. The number of amides is 2. The fraction of sp³-hybridized carbons (Fsp3) is 0.714. The van der Waals surface area contributed by atoms with Crippen molar-refractivity contribution in [3.8, 4) is 0 Å². The molecule has 0 spiro atoms. The summed E-state index contributed by atoms with van der Waals surface area (Å²) < 4.78 is 0. The summed E-state index contributed by atoms with van der Waals surface area (Å²) >= 11 is 0. The van der Waals surface area contributed by atoms with Gasteiger partial charge in [-0.25, -0.2) is 0 Å². The maximum atomic E-state index is 10.8. The molecule has 0 aliphatic heterocycles. The number of nitrogens with two attached hydrogens (primary N) is 1. The summed E-state index contributed by atoms with van der Waals surface area (Å²) in [6, 6.07) is 0. The zero-order valence-corrected chi connectivity index (χ0v) is 7.04. The highest BCUT2D eigenvalue weighted by Gasteiger charge is 2.04. The van der Waals surface area contributed by atoms with E-state index in [0.29, 0.717) is 0 Å². The van der Waals surface area contributed by atoms with Crippen LogP contribution in [0, 0.1) is 0 Å². The lowest BCUT2D eigenvalue weighted by molar-refractivity contribution is -0.125. The van der Waals surface area contributed by atoms with E-state index in [2.05, 4.69) is 5.32 Å². The Balaban J connectivity index is 3.40. The molecule has 4 N–H and O–H groups in total. The third kappa shape index (κ3) is 7.01. The molecule has 5 heteroatoms. The molecule has 0 heterocycles. The predicted octanol–water partition coefficient (Wildman–Crippen LogP) is -1.25. The first kappa shape index (κ1) is 10.9. The van der Waals surface area contributed by atoms with Crippen LogP contribution in [0.4, 0.5) is 0 Å². The van der Waals surface area contributed by atoms with Gasteiger partial charge >= 0.3 is 0 Å². The molecule has 0 aromatic carbocycles. The van der Waals surface area contributed by atoms with Crippen LogP contribution in [0.5, 0.6) is 0 Å². The number of carbonyl (C=O) groups excluding carboxylic acids is 2. The lowest BCUT2D eigenvalue weighted by Gasteiger charge is -2.05. The standard InChI is InChI=1S/C7H14N2O3/c1-5(10)4-9-7(12)3-2-6(8)11/h5,10H,2-4H2,1H3,(H2,8,11)(H,9,12). The van der Waals surface area contributed by atoms with Crippen molar-refractivity contribution in [2.24, 2.45) is 5.73 Å². The first-order valence-electron chi connectivity index (χ1n) is 3.75. The van der Waals surface area contributed by atoms with E-state index in [4.69, 9.17) is 10.8 Å². The molecule has 0 aromatic heterocycles. The molecule has 1 atom stereocenters. The molecule has 5 nitrogen and oxygen atoms in total. The number of carbonyl (C=O) groups is 2. The number of hydrogen-bond donors (Lipinski definition) is 3. The number of rotatable bonds is 5. The first-order valence-corrected chi connectivity index (χ1v) is 3.75. The molecule has 2 amide bonds. The molecule has 0 bridgehead atoms. The smallest absolute Gasteiger partial charge is 0.220 e. The van der Waals surface area contributed by atoms with Gasteiger partial charge in [0.2, 0.25) is 11.8 Å². The van der Waals surface area contributed by atoms with E-state index in [1.54, 1.807) is 6.92 Å². The zero-order chi connectivity index (χ0) is 9.56. The largest absolute Gasteiger partial charge is 0.392 e. The second-order valence-electron chi connectivity index (χ2n) is 2.62. The van der Waals surface area contributed by atoms with Crippen molar-refractivity contribution in [2.45, 2.75) is 25.9 Å². The molecule has 0 aromatic rings. The number of primary amides is 1. The van der Waals surface area contributed by atoms with Crippen molar-refractivity contribution in [2.75, 3.05) is 6.54 Å². The number of hydrogen-bond acceptors (Lipinski definition) is 3. The topological polar surface area (TPSA) is 92.4 Å². The van der Waals surface area contributed by atoms with Gasteiger partial charge in [0.15, 0.2) is 0 Å². The van der Waals surface area contributed by atoms with Gasteiger partial charge in [0.25, 0.3) is 0 Å². The van der Waals surface area contributed by atoms with Crippen LogP contribution < -0.4 is 11.1 Å². The third-order valence-electron chi connectivity index (χ3n) is 1.19. The Labute approximate surface area is 70.9 Å². The van der Waals surface area contributed by atoms with Gasteiger partial charge in [0, 0.05) is 19.4 Å². The van der Waals surface area contributed by atoms with E-state index < -0.39 is 12.0 Å². The highest BCUT2D eigenvalue weighted by atomic mass is 16.3. The van der Waals surface area contributed by atoms with Crippen molar-refractivity contribution < 1.29 is 14.7 Å². The lowest BCUT2D eigenvalue weighted by Crippen LogP contribution is -2.31. The van der Waals surface area contributed by atoms with Crippen LogP contribution in [0.3, 0.4) is 0 Å². The van der Waals surface area contributed by atoms with Gasteiger partial charge in [-0.2, -0.15) is 0 Å². The first-order chi connectivity index (χ1) is 5.52. The number of nitrogens with one attached hydrogen (secondary N) is 1. The second kappa shape index (κ2) is 5.54. The maximum Gasteiger partial charge on any atom is 0.220 e. The molecule has 0 aliphatic carbocycles. The summed E-state index contributed by atoms with van der Waals surface area (Å²) in [6.07, 6.45) is -0.434. The molecule has 0 radical (unpaired) electrons. The average molecular weight is 174 g/mol. The van der Waals surface area contributed by atoms with Gasteiger partial charge in [0.1, 0.15) is 0 Å². The highest BCUT2D eigenvalue weighted by Crippen LogP contribution is 1.87. The Hall–Kier alpha value is -1.10. The third-order valence-corrected chi connectivity index (χ3v) is 1.19. The number of aliphatic hydroxyl groups excluding tert-OH is 1. The summed E-state index contributed by atoms with van der Waals surface area (Å²) in [7, 11) is 0. The van der Waals surface area contributed by atoms with Crippen LogP contribution in [-0.2, 0) is 9.59 Å². The second-order valence-corrected chi connectivity index (χ2v) is 2.62. The van der Waals surface area contributed by atoms with Crippen molar-refractivity contribution in [1.82, 2.24) is 5.32 Å². The van der Waals surface area contributed by atoms with Crippen LogP contribution in [0.1, 0.15) is 19.8 Å². The summed E-state index contributed by atoms with van der Waals surface area (Å²) in [4.78, 5) is 21.1. The summed E-state index contributed by atoms with van der Waals surface area (Å²) in [5.41, 5.74) is 4.83. The van der Waals surface area contributed by atoms with Crippen LogP contribution in [0.25, 0.3) is 0 Å². The van der Waals surface area contributed by atoms with Crippen molar-refractivity contribution in [3.63, 3.8) is 0 Å². The monoisotopic (exact) mass is 174 g/mol. The Morgan fingerprint density at radius 2 is 2.08 bits per heavy atom. The molecule has 0 rings (SSSR count). The Morgan fingerprint density at radius 3 is 2.50 bits per heavy atom. The number of aliphatic hydroxyl groups is 1. The summed E-state index contributed by atoms with van der Waals surface area (Å²) in [5, 5.41) is 11.2. The van der Waals surface area contributed by atoms with Crippen LogP contribution in [0.15, 0.2) is 0 Å². The average Bonchev–Trinajstić information content (AvgIpc) is 1.96. The van der Waals surface area contributed by atoms with Gasteiger partial charge in [0.05, 0.1) is 6.10 Å². The fourth-order valence-corrected chi connectivity index (χ4v) is 0.587. The Morgan fingerprint density at radius 1 is 1.50 bits per heavy atom. The normalized spacial score (nSPS) is 12.2. The van der Waals surface area contributed by atoms with E-state index in [9.17, 15) is 9.59 Å². The molecular weight excluding hydrogens is 160 g/mol. The van der Waals surface area contributed by atoms with E-state index in [1.807, 2.05) is 0 Å². The van der Waals surface area contributed by atoms with Gasteiger partial charge in [-0.05, 0) is 6.92 Å². The summed E-state index contributed by atoms with van der Waals surface area (Å²) in [6.45, 7) is 1.77.